The Kier molecular flexibility index (Phi) is 4.01. The molecule has 0 unspecified atom stereocenters. The average Bonchev–Trinajstić information content (AvgIpc) is 2.67. The van der Waals surface area contributed by atoms with Crippen LogP contribution < -0.4 is 5.32 Å². The third kappa shape index (κ3) is 3.10. The quantitative estimate of drug-likeness (QED) is 0.595. The second kappa shape index (κ2) is 5.41. The van der Waals surface area contributed by atoms with E-state index in [1.165, 1.54) is 14.0 Å². The van der Waals surface area contributed by atoms with Gasteiger partial charge in [0.1, 0.15) is 18.3 Å². The number of fused-ring (bicyclic) bond motifs is 1. The highest BCUT2D eigenvalue weighted by Gasteiger charge is 2.50. The van der Waals surface area contributed by atoms with Crippen LogP contribution in [0.3, 0.4) is 0 Å². The zero-order chi connectivity index (χ0) is 14.9. The van der Waals surface area contributed by atoms with E-state index in [-0.39, 0.29) is 0 Å². The van der Waals surface area contributed by atoms with E-state index < -0.39 is 42.2 Å². The maximum absolute atomic E-state index is 11.3. The molecule has 4 atom stereocenters. The third-order valence-corrected chi connectivity index (χ3v) is 3.12. The molecule has 0 bridgehead atoms. The summed E-state index contributed by atoms with van der Waals surface area (Å²) in [5, 5.41) is 2.66. The van der Waals surface area contributed by atoms with E-state index in [1.807, 2.05) is 0 Å². The number of carbonyl (C=O) groups excluding carboxylic acids is 2. The van der Waals surface area contributed by atoms with Crippen molar-refractivity contribution in [3.05, 3.63) is 12.2 Å². The molecule has 0 aromatic heterocycles. The molecule has 20 heavy (non-hydrogen) atoms. The lowest BCUT2D eigenvalue weighted by atomic mass is 9.94. The van der Waals surface area contributed by atoms with E-state index in [1.54, 1.807) is 26.0 Å². The fraction of sp³-hybridized carbons (Fsp3) is 0.692. The van der Waals surface area contributed by atoms with Gasteiger partial charge in [-0.2, -0.15) is 0 Å². The summed E-state index contributed by atoms with van der Waals surface area (Å²) >= 11 is 0. The molecule has 0 radical (unpaired) electrons. The van der Waals surface area contributed by atoms with Crippen molar-refractivity contribution in [2.24, 2.45) is 0 Å². The summed E-state index contributed by atoms with van der Waals surface area (Å²) < 4.78 is 21.3. The van der Waals surface area contributed by atoms with Gasteiger partial charge in [0.2, 0.25) is 0 Å². The van der Waals surface area contributed by atoms with E-state index in [0.717, 1.165) is 0 Å². The number of hydrogen-bond acceptors (Lipinski definition) is 6. The standard InChI is InChI=1S/C13H19NO6/c1-7(15)18-9-6-5-8(14-12(16)17-4)10-11(9)20-13(2,3)19-10/h5-6,8-11H,1-4H3,(H,14,16)/t8-,9+,10+,11-/m0/s1. The van der Waals surface area contributed by atoms with Crippen LogP contribution in [0, 0.1) is 0 Å². The lowest BCUT2D eigenvalue weighted by molar-refractivity contribution is -0.164. The SMILES string of the molecule is COC(=O)N[C@H]1C=C[C@@H](OC(C)=O)[C@@H]2OC(C)(C)O[C@@H]21. The molecule has 0 aromatic carbocycles. The number of rotatable bonds is 2. The first kappa shape index (κ1) is 14.8. The summed E-state index contributed by atoms with van der Waals surface area (Å²) in [5.74, 6) is -1.21. The highest BCUT2D eigenvalue weighted by molar-refractivity contribution is 5.68. The molecule has 1 amide bonds. The highest BCUT2D eigenvalue weighted by Crippen LogP contribution is 2.35. The zero-order valence-electron chi connectivity index (χ0n) is 11.9. The van der Waals surface area contributed by atoms with E-state index in [4.69, 9.17) is 14.2 Å². The van der Waals surface area contributed by atoms with Gasteiger partial charge >= 0.3 is 12.1 Å². The normalized spacial score (nSPS) is 34.2. The number of alkyl carbamates (subject to hydrolysis) is 1. The van der Waals surface area contributed by atoms with Crippen LogP contribution in [0.15, 0.2) is 12.2 Å². The molecule has 1 fully saturated rings. The predicted octanol–water partition coefficient (Wildman–Crippen LogP) is 0.733. The van der Waals surface area contributed by atoms with Crippen LogP contribution in [0.25, 0.3) is 0 Å². The molecule has 7 nitrogen and oxygen atoms in total. The molecule has 1 aliphatic heterocycles. The molecule has 1 N–H and O–H groups in total. The van der Waals surface area contributed by atoms with Crippen molar-refractivity contribution in [1.82, 2.24) is 5.32 Å². The summed E-state index contributed by atoms with van der Waals surface area (Å²) in [7, 11) is 1.29. The fourth-order valence-electron chi connectivity index (χ4n) is 2.42. The van der Waals surface area contributed by atoms with Gasteiger partial charge in [-0.25, -0.2) is 4.79 Å². The second-order valence-corrected chi connectivity index (χ2v) is 5.19. The van der Waals surface area contributed by atoms with Crippen molar-refractivity contribution < 1.29 is 28.5 Å². The van der Waals surface area contributed by atoms with Crippen LogP contribution in [-0.2, 0) is 23.7 Å². The molecule has 112 valence electrons. The molecule has 1 heterocycles. The van der Waals surface area contributed by atoms with E-state index in [2.05, 4.69) is 10.1 Å². The van der Waals surface area contributed by atoms with E-state index in [9.17, 15) is 9.59 Å². The molecule has 2 aliphatic rings. The minimum Gasteiger partial charge on any atom is -0.455 e. The Morgan fingerprint density at radius 1 is 1.20 bits per heavy atom. The van der Waals surface area contributed by atoms with Gasteiger partial charge in [0.25, 0.3) is 0 Å². The first-order chi connectivity index (χ1) is 9.32. The zero-order valence-corrected chi connectivity index (χ0v) is 11.9. The van der Waals surface area contributed by atoms with E-state index >= 15 is 0 Å². The Hall–Kier alpha value is -1.60. The number of carbonyl (C=O) groups is 2. The van der Waals surface area contributed by atoms with Crippen LogP contribution in [0.4, 0.5) is 4.79 Å². The molecular formula is C13H19NO6. The maximum Gasteiger partial charge on any atom is 0.407 e. The van der Waals surface area contributed by atoms with Gasteiger partial charge in [0, 0.05) is 6.92 Å². The Bertz CT molecular complexity index is 433. The lowest BCUT2D eigenvalue weighted by Crippen LogP contribution is -2.52. The summed E-state index contributed by atoms with van der Waals surface area (Å²) in [5.41, 5.74) is 0. The van der Waals surface area contributed by atoms with Crippen molar-refractivity contribution in [2.45, 2.75) is 50.9 Å². The Morgan fingerprint density at radius 3 is 2.45 bits per heavy atom. The number of amides is 1. The number of methoxy groups -OCH3 is 1. The smallest absolute Gasteiger partial charge is 0.407 e. The van der Waals surface area contributed by atoms with Crippen molar-refractivity contribution in [3.8, 4) is 0 Å². The van der Waals surface area contributed by atoms with Gasteiger partial charge in [0.05, 0.1) is 13.2 Å². The molecular weight excluding hydrogens is 266 g/mol. The van der Waals surface area contributed by atoms with Gasteiger partial charge in [-0.05, 0) is 19.9 Å². The highest BCUT2D eigenvalue weighted by atomic mass is 16.8. The van der Waals surface area contributed by atoms with Gasteiger partial charge in [0.15, 0.2) is 5.79 Å². The van der Waals surface area contributed by atoms with Crippen molar-refractivity contribution in [2.75, 3.05) is 7.11 Å². The minimum atomic E-state index is -0.810. The van der Waals surface area contributed by atoms with Gasteiger partial charge in [-0.3, -0.25) is 4.79 Å². The molecule has 1 saturated heterocycles. The number of nitrogens with one attached hydrogen (secondary N) is 1. The summed E-state index contributed by atoms with van der Waals surface area (Å²) in [6, 6.07) is -0.402. The average molecular weight is 285 g/mol. The fourth-order valence-corrected chi connectivity index (χ4v) is 2.42. The molecule has 1 aliphatic carbocycles. The largest absolute Gasteiger partial charge is 0.455 e. The van der Waals surface area contributed by atoms with Crippen LogP contribution in [0.2, 0.25) is 0 Å². The Morgan fingerprint density at radius 2 is 1.85 bits per heavy atom. The molecule has 2 rings (SSSR count). The third-order valence-electron chi connectivity index (χ3n) is 3.12. The van der Waals surface area contributed by atoms with E-state index in [0.29, 0.717) is 0 Å². The first-order valence-corrected chi connectivity index (χ1v) is 6.38. The van der Waals surface area contributed by atoms with Crippen LogP contribution in [-0.4, -0.2) is 49.3 Å². The summed E-state index contributed by atoms with van der Waals surface area (Å²) in [6.45, 7) is 4.87. The number of ether oxygens (including phenoxy) is 4. The van der Waals surface area contributed by atoms with Crippen LogP contribution >= 0.6 is 0 Å². The number of esters is 1. The van der Waals surface area contributed by atoms with Gasteiger partial charge < -0.3 is 24.3 Å². The van der Waals surface area contributed by atoms with Crippen LogP contribution in [0.5, 0.6) is 0 Å². The number of hydrogen-bond donors (Lipinski definition) is 1. The molecule has 7 heteroatoms. The van der Waals surface area contributed by atoms with Gasteiger partial charge in [-0.1, -0.05) is 6.08 Å². The molecule has 0 spiro atoms. The summed E-state index contributed by atoms with van der Waals surface area (Å²) in [6.07, 6.45) is 1.40. The van der Waals surface area contributed by atoms with Gasteiger partial charge in [-0.15, -0.1) is 0 Å². The van der Waals surface area contributed by atoms with Crippen LogP contribution in [0.1, 0.15) is 20.8 Å². The molecule has 0 aromatic rings. The van der Waals surface area contributed by atoms with Crippen molar-refractivity contribution >= 4 is 12.1 Å². The summed E-state index contributed by atoms with van der Waals surface area (Å²) in [4.78, 5) is 22.5. The topological polar surface area (TPSA) is 83.1 Å². The van der Waals surface area contributed by atoms with Crippen molar-refractivity contribution in [3.63, 3.8) is 0 Å². The minimum absolute atomic E-state index is 0.397. The monoisotopic (exact) mass is 285 g/mol. The lowest BCUT2D eigenvalue weighted by Gasteiger charge is -2.32. The predicted molar refractivity (Wildman–Crippen MR) is 67.8 cm³/mol. The Labute approximate surface area is 117 Å². The second-order valence-electron chi connectivity index (χ2n) is 5.19. The molecule has 0 saturated carbocycles. The Balaban J connectivity index is 2.17. The maximum atomic E-state index is 11.3. The first-order valence-electron chi connectivity index (χ1n) is 6.38. The van der Waals surface area contributed by atoms with Crippen molar-refractivity contribution in [1.29, 1.82) is 0 Å².